The van der Waals surface area contributed by atoms with Gasteiger partial charge in [0.15, 0.2) is 0 Å². The van der Waals surface area contributed by atoms with Crippen molar-refractivity contribution in [2.24, 2.45) is 0 Å². The Hall–Kier alpha value is -3.83. The van der Waals surface area contributed by atoms with E-state index < -0.39 is 11.7 Å². The molecule has 2 heterocycles. The average Bonchev–Trinajstić information content (AvgIpc) is 3.40. The van der Waals surface area contributed by atoms with Gasteiger partial charge in [-0.25, -0.2) is 14.1 Å². The maximum Gasteiger partial charge on any atom is 0.275 e. The second kappa shape index (κ2) is 7.42. The summed E-state index contributed by atoms with van der Waals surface area (Å²) in [4.78, 5) is 16.8. The number of carbonyl (C=O) groups is 1. The first-order valence-corrected chi connectivity index (χ1v) is 9.09. The number of halogens is 1. The van der Waals surface area contributed by atoms with Crippen molar-refractivity contribution in [3.8, 4) is 22.3 Å². The lowest BCUT2D eigenvalue weighted by atomic mass is 10.2. The monoisotopic (exact) mass is 389 g/mol. The van der Waals surface area contributed by atoms with Crippen molar-refractivity contribution < 1.29 is 9.18 Å². The largest absolute Gasteiger partial charge is 0.321 e. The number of nitriles is 1. The molecule has 1 N–H and O–H groups in total. The minimum absolute atomic E-state index is 0.134. The number of nitrogens with zero attached hydrogens (tertiary/aromatic N) is 4. The molecule has 136 valence electrons. The Morgan fingerprint density at radius 1 is 1.21 bits per heavy atom. The number of carbonyl (C=O) groups excluding carboxylic acids is 1. The Balaban J connectivity index is 1.52. The summed E-state index contributed by atoms with van der Waals surface area (Å²) in [7, 11) is 0. The minimum Gasteiger partial charge on any atom is -0.321 e. The molecule has 4 aromatic rings. The first kappa shape index (κ1) is 17.6. The standard InChI is InChI=1S/C20H12FN5OS/c21-17-7-6-15(8-13(17)9-22)24-19(27)18-12-28-20(25-18)14-10-23-26(11-14)16-4-2-1-3-5-16/h1-8,10-12H,(H,24,27). The molecule has 8 heteroatoms. The lowest BCUT2D eigenvalue weighted by Gasteiger charge is -2.03. The Morgan fingerprint density at radius 3 is 2.82 bits per heavy atom. The third-order valence-corrected chi connectivity index (χ3v) is 4.82. The predicted molar refractivity (Wildman–Crippen MR) is 104 cm³/mol. The highest BCUT2D eigenvalue weighted by Gasteiger charge is 2.14. The van der Waals surface area contributed by atoms with Crippen LogP contribution in [0, 0.1) is 17.1 Å². The lowest BCUT2D eigenvalue weighted by molar-refractivity contribution is 0.102. The highest BCUT2D eigenvalue weighted by Crippen LogP contribution is 2.25. The fraction of sp³-hybridized carbons (Fsp3) is 0. The van der Waals surface area contributed by atoms with Crippen molar-refractivity contribution in [2.45, 2.75) is 0 Å². The maximum absolute atomic E-state index is 13.4. The molecule has 1 amide bonds. The summed E-state index contributed by atoms with van der Waals surface area (Å²) < 4.78 is 15.1. The molecule has 0 spiro atoms. The van der Waals surface area contributed by atoms with Gasteiger partial charge in [-0.05, 0) is 30.3 Å². The summed E-state index contributed by atoms with van der Waals surface area (Å²) >= 11 is 1.32. The number of thiazole rings is 1. The lowest BCUT2D eigenvalue weighted by Crippen LogP contribution is -2.12. The zero-order valence-electron chi connectivity index (χ0n) is 14.3. The van der Waals surface area contributed by atoms with E-state index in [1.54, 1.807) is 22.3 Å². The summed E-state index contributed by atoms with van der Waals surface area (Å²) in [6.07, 6.45) is 3.53. The molecule has 0 atom stereocenters. The number of nitrogens with one attached hydrogen (secondary N) is 1. The van der Waals surface area contributed by atoms with E-state index >= 15 is 0 Å². The Bertz CT molecular complexity index is 1190. The highest BCUT2D eigenvalue weighted by molar-refractivity contribution is 7.13. The molecule has 6 nitrogen and oxygen atoms in total. The molecule has 0 unspecified atom stereocenters. The summed E-state index contributed by atoms with van der Waals surface area (Å²) in [6, 6.07) is 15.2. The zero-order chi connectivity index (χ0) is 19.5. The van der Waals surface area contributed by atoms with E-state index in [2.05, 4.69) is 15.4 Å². The van der Waals surface area contributed by atoms with Crippen molar-refractivity contribution in [3.63, 3.8) is 0 Å². The molecule has 0 bridgehead atoms. The van der Waals surface area contributed by atoms with Crippen LogP contribution >= 0.6 is 11.3 Å². The van der Waals surface area contributed by atoms with E-state index in [9.17, 15) is 9.18 Å². The van der Waals surface area contributed by atoms with Crippen LogP contribution in [-0.4, -0.2) is 20.7 Å². The van der Waals surface area contributed by atoms with E-state index in [0.29, 0.717) is 10.7 Å². The normalized spacial score (nSPS) is 10.4. The van der Waals surface area contributed by atoms with E-state index in [1.807, 2.05) is 36.5 Å². The number of anilines is 1. The average molecular weight is 389 g/mol. The number of benzene rings is 2. The van der Waals surface area contributed by atoms with Crippen molar-refractivity contribution >= 4 is 22.9 Å². The molecule has 0 aliphatic carbocycles. The number of hydrogen-bond donors (Lipinski definition) is 1. The van der Waals surface area contributed by atoms with Crippen molar-refractivity contribution in [1.29, 1.82) is 5.26 Å². The Labute approximate surface area is 163 Å². The van der Waals surface area contributed by atoms with Crippen molar-refractivity contribution in [1.82, 2.24) is 14.8 Å². The van der Waals surface area contributed by atoms with E-state index in [1.165, 1.54) is 23.5 Å². The second-order valence-corrected chi connectivity index (χ2v) is 6.67. The predicted octanol–water partition coefficient (Wildman–Crippen LogP) is 4.26. The summed E-state index contributed by atoms with van der Waals surface area (Å²) in [5.41, 5.74) is 2.14. The fourth-order valence-electron chi connectivity index (χ4n) is 2.55. The first-order chi connectivity index (χ1) is 13.6. The van der Waals surface area contributed by atoms with Gasteiger partial charge in [0.25, 0.3) is 5.91 Å². The molecule has 28 heavy (non-hydrogen) atoms. The molecule has 2 aromatic carbocycles. The minimum atomic E-state index is -0.633. The Morgan fingerprint density at radius 2 is 2.04 bits per heavy atom. The molecule has 2 aromatic heterocycles. The molecule has 0 saturated heterocycles. The van der Waals surface area contributed by atoms with Crippen molar-refractivity contribution in [3.05, 3.63) is 83.4 Å². The number of rotatable bonds is 4. The van der Waals surface area contributed by atoms with E-state index in [-0.39, 0.29) is 11.3 Å². The third-order valence-electron chi connectivity index (χ3n) is 3.93. The molecule has 0 aliphatic heterocycles. The summed E-state index contributed by atoms with van der Waals surface area (Å²) in [5.74, 6) is -1.07. The van der Waals surface area contributed by atoms with Crippen LogP contribution in [0.25, 0.3) is 16.3 Å². The van der Waals surface area contributed by atoms with Gasteiger partial charge in [-0.15, -0.1) is 11.3 Å². The van der Waals surface area contributed by atoms with Crippen LogP contribution in [0.4, 0.5) is 10.1 Å². The Kier molecular flexibility index (Phi) is 4.66. The van der Waals surface area contributed by atoms with Crippen LogP contribution in [-0.2, 0) is 0 Å². The van der Waals surface area contributed by atoms with Gasteiger partial charge in [0.05, 0.1) is 17.4 Å². The SMILES string of the molecule is N#Cc1cc(NC(=O)c2csc(-c3cnn(-c4ccccc4)c3)n2)ccc1F. The van der Waals surface area contributed by atoms with Gasteiger partial charge < -0.3 is 5.32 Å². The summed E-state index contributed by atoms with van der Waals surface area (Å²) in [6.45, 7) is 0. The quantitative estimate of drug-likeness (QED) is 0.565. The molecule has 4 rings (SSSR count). The van der Waals surface area contributed by atoms with Gasteiger partial charge in [0.2, 0.25) is 0 Å². The number of hydrogen-bond acceptors (Lipinski definition) is 5. The van der Waals surface area contributed by atoms with Crippen LogP contribution in [0.2, 0.25) is 0 Å². The number of aromatic nitrogens is 3. The van der Waals surface area contributed by atoms with Crippen LogP contribution < -0.4 is 5.32 Å². The highest BCUT2D eigenvalue weighted by atomic mass is 32.1. The van der Waals surface area contributed by atoms with Gasteiger partial charge in [-0.2, -0.15) is 10.4 Å². The third kappa shape index (κ3) is 3.51. The van der Waals surface area contributed by atoms with Crippen LogP contribution in [0.3, 0.4) is 0 Å². The van der Waals surface area contributed by atoms with Gasteiger partial charge >= 0.3 is 0 Å². The zero-order valence-corrected chi connectivity index (χ0v) is 15.2. The van der Waals surface area contributed by atoms with E-state index in [0.717, 1.165) is 17.3 Å². The van der Waals surface area contributed by atoms with Crippen LogP contribution in [0.1, 0.15) is 16.1 Å². The molecule has 0 fully saturated rings. The van der Waals surface area contributed by atoms with Gasteiger partial charge in [-0.1, -0.05) is 18.2 Å². The fourth-order valence-corrected chi connectivity index (χ4v) is 3.33. The van der Waals surface area contributed by atoms with Gasteiger partial charge in [-0.3, -0.25) is 4.79 Å². The van der Waals surface area contributed by atoms with Gasteiger partial charge in [0, 0.05) is 22.8 Å². The number of para-hydroxylation sites is 1. The molecular weight excluding hydrogens is 377 g/mol. The van der Waals surface area contributed by atoms with Gasteiger partial charge in [0.1, 0.15) is 22.6 Å². The maximum atomic E-state index is 13.4. The van der Waals surface area contributed by atoms with Crippen molar-refractivity contribution in [2.75, 3.05) is 5.32 Å². The molecule has 0 radical (unpaired) electrons. The smallest absolute Gasteiger partial charge is 0.275 e. The topological polar surface area (TPSA) is 83.6 Å². The molecule has 0 aliphatic rings. The second-order valence-electron chi connectivity index (χ2n) is 5.81. The number of amides is 1. The van der Waals surface area contributed by atoms with Crippen LogP contribution in [0.15, 0.2) is 66.3 Å². The first-order valence-electron chi connectivity index (χ1n) is 8.21. The molecule has 0 saturated carbocycles. The van der Waals surface area contributed by atoms with Crippen LogP contribution in [0.5, 0.6) is 0 Å². The van der Waals surface area contributed by atoms with E-state index in [4.69, 9.17) is 5.26 Å². The summed E-state index contributed by atoms with van der Waals surface area (Å²) in [5, 5.41) is 18.1. The molecular formula is C20H12FN5OS.